The lowest BCUT2D eigenvalue weighted by atomic mass is 9.91. The van der Waals surface area contributed by atoms with E-state index in [2.05, 4.69) is 15.9 Å². The topological polar surface area (TPSA) is 76.6 Å². The van der Waals surface area contributed by atoms with Crippen molar-refractivity contribution >= 4 is 27.7 Å². The first kappa shape index (κ1) is 13.1. The minimum Gasteiger partial charge on any atom is -0.395 e. The van der Waals surface area contributed by atoms with Gasteiger partial charge in [0.15, 0.2) is 5.76 Å². The number of nitro groups is 1. The van der Waals surface area contributed by atoms with Crippen LogP contribution in [0.1, 0.15) is 29.8 Å². The van der Waals surface area contributed by atoms with Crippen LogP contribution < -0.4 is 0 Å². The highest BCUT2D eigenvalue weighted by Gasteiger charge is 2.31. The molecule has 98 valence electrons. The van der Waals surface area contributed by atoms with Crippen molar-refractivity contribution in [1.29, 1.82) is 0 Å². The summed E-state index contributed by atoms with van der Waals surface area (Å²) in [7, 11) is 0. The SMILES string of the molecule is O=C(c1ccc([N+](=O)[O-])o1)N(CCBr)C1CCC1. The van der Waals surface area contributed by atoms with Gasteiger partial charge < -0.3 is 9.32 Å². The fourth-order valence-corrected chi connectivity index (χ4v) is 2.30. The Kier molecular flexibility index (Phi) is 4.00. The molecule has 0 spiro atoms. The number of nitrogens with zero attached hydrogens (tertiary/aromatic N) is 2. The predicted molar refractivity (Wildman–Crippen MR) is 67.8 cm³/mol. The van der Waals surface area contributed by atoms with E-state index < -0.39 is 10.8 Å². The Morgan fingerprint density at radius 1 is 1.56 bits per heavy atom. The molecule has 1 saturated carbocycles. The third-order valence-electron chi connectivity index (χ3n) is 3.08. The molecule has 2 rings (SSSR count). The molecule has 0 bridgehead atoms. The van der Waals surface area contributed by atoms with E-state index in [1.165, 1.54) is 12.1 Å². The van der Waals surface area contributed by atoms with Crippen molar-refractivity contribution in [3.63, 3.8) is 0 Å². The maximum absolute atomic E-state index is 12.2. The lowest BCUT2D eigenvalue weighted by Gasteiger charge is -2.36. The summed E-state index contributed by atoms with van der Waals surface area (Å²) >= 11 is 3.31. The first-order valence-electron chi connectivity index (χ1n) is 5.74. The monoisotopic (exact) mass is 316 g/mol. The van der Waals surface area contributed by atoms with Crippen LogP contribution in [0.25, 0.3) is 0 Å². The maximum atomic E-state index is 12.2. The molecule has 1 fully saturated rings. The maximum Gasteiger partial charge on any atom is 0.433 e. The third kappa shape index (κ3) is 2.55. The van der Waals surface area contributed by atoms with E-state index in [-0.39, 0.29) is 17.7 Å². The Labute approximate surface area is 112 Å². The zero-order valence-corrected chi connectivity index (χ0v) is 11.3. The van der Waals surface area contributed by atoms with Gasteiger partial charge in [0.2, 0.25) is 0 Å². The number of rotatable bonds is 5. The Hall–Kier alpha value is -1.37. The van der Waals surface area contributed by atoms with Gasteiger partial charge in [-0.25, -0.2) is 0 Å². The second-order valence-corrected chi connectivity index (χ2v) is 4.96. The Morgan fingerprint density at radius 2 is 2.28 bits per heavy atom. The van der Waals surface area contributed by atoms with Crippen LogP contribution in [0.3, 0.4) is 0 Å². The molecule has 0 aliphatic heterocycles. The quantitative estimate of drug-likeness (QED) is 0.475. The van der Waals surface area contributed by atoms with Gasteiger partial charge in [0.1, 0.15) is 4.92 Å². The van der Waals surface area contributed by atoms with E-state index in [4.69, 9.17) is 4.42 Å². The number of hydrogen-bond donors (Lipinski definition) is 0. The van der Waals surface area contributed by atoms with Crippen LogP contribution in [0, 0.1) is 10.1 Å². The number of amides is 1. The first-order chi connectivity index (χ1) is 8.63. The molecule has 1 heterocycles. The fraction of sp³-hybridized carbons (Fsp3) is 0.545. The summed E-state index contributed by atoms with van der Waals surface area (Å²) in [4.78, 5) is 23.8. The number of carbonyl (C=O) groups excluding carboxylic acids is 1. The molecule has 0 N–H and O–H groups in total. The van der Waals surface area contributed by atoms with Gasteiger partial charge >= 0.3 is 5.88 Å². The van der Waals surface area contributed by atoms with Crippen LogP contribution in [0.4, 0.5) is 5.88 Å². The molecular weight excluding hydrogens is 304 g/mol. The van der Waals surface area contributed by atoms with Crippen LogP contribution in [-0.4, -0.2) is 33.6 Å². The van der Waals surface area contributed by atoms with E-state index in [1.807, 2.05) is 0 Å². The average molecular weight is 317 g/mol. The minimum atomic E-state index is -0.644. The highest BCUT2D eigenvalue weighted by Crippen LogP contribution is 2.27. The van der Waals surface area contributed by atoms with Crippen LogP contribution in [-0.2, 0) is 0 Å². The van der Waals surface area contributed by atoms with Gasteiger partial charge in [-0.1, -0.05) is 15.9 Å². The molecule has 6 nitrogen and oxygen atoms in total. The smallest absolute Gasteiger partial charge is 0.395 e. The summed E-state index contributed by atoms with van der Waals surface area (Å²) in [6, 6.07) is 2.81. The largest absolute Gasteiger partial charge is 0.433 e. The lowest BCUT2D eigenvalue weighted by Crippen LogP contribution is -2.45. The van der Waals surface area contributed by atoms with E-state index in [9.17, 15) is 14.9 Å². The number of furan rings is 1. The summed E-state index contributed by atoms with van der Waals surface area (Å²) < 4.78 is 4.95. The zero-order chi connectivity index (χ0) is 13.1. The van der Waals surface area contributed by atoms with Crippen LogP contribution in [0.5, 0.6) is 0 Å². The molecule has 1 aliphatic rings. The van der Waals surface area contributed by atoms with Gasteiger partial charge in [-0.15, -0.1) is 0 Å². The second kappa shape index (κ2) is 5.51. The van der Waals surface area contributed by atoms with Crippen molar-refractivity contribution in [2.24, 2.45) is 0 Å². The molecule has 0 atom stereocenters. The summed E-state index contributed by atoms with van der Waals surface area (Å²) in [5.74, 6) is -0.632. The summed E-state index contributed by atoms with van der Waals surface area (Å²) in [5, 5.41) is 11.2. The van der Waals surface area contributed by atoms with Crippen molar-refractivity contribution in [2.75, 3.05) is 11.9 Å². The molecule has 1 aromatic rings. The van der Waals surface area contributed by atoms with E-state index in [0.717, 1.165) is 19.3 Å². The number of carbonyl (C=O) groups is 1. The number of hydrogen-bond acceptors (Lipinski definition) is 4. The average Bonchev–Trinajstić information content (AvgIpc) is 2.74. The van der Waals surface area contributed by atoms with Gasteiger partial charge in [0.05, 0.1) is 6.07 Å². The lowest BCUT2D eigenvalue weighted by molar-refractivity contribution is -0.402. The van der Waals surface area contributed by atoms with E-state index >= 15 is 0 Å². The molecule has 0 radical (unpaired) electrons. The molecule has 18 heavy (non-hydrogen) atoms. The van der Waals surface area contributed by atoms with E-state index in [1.54, 1.807) is 4.90 Å². The summed E-state index contributed by atoms with van der Waals surface area (Å²) in [5.41, 5.74) is 0. The number of halogens is 1. The zero-order valence-electron chi connectivity index (χ0n) is 9.67. The van der Waals surface area contributed by atoms with Gasteiger partial charge in [-0.3, -0.25) is 14.9 Å². The van der Waals surface area contributed by atoms with Gasteiger partial charge in [-0.05, 0) is 25.3 Å². The molecule has 7 heteroatoms. The van der Waals surface area contributed by atoms with Crippen molar-refractivity contribution < 1.29 is 14.1 Å². The molecule has 0 aromatic carbocycles. The van der Waals surface area contributed by atoms with Crippen LogP contribution >= 0.6 is 15.9 Å². The Balaban J connectivity index is 2.13. The second-order valence-electron chi connectivity index (χ2n) is 4.17. The number of alkyl halides is 1. The fourth-order valence-electron chi connectivity index (χ4n) is 1.92. The molecule has 1 amide bonds. The predicted octanol–water partition coefficient (Wildman–Crippen LogP) is 2.58. The van der Waals surface area contributed by atoms with Crippen molar-refractivity contribution in [3.05, 3.63) is 28.0 Å². The Bertz CT molecular complexity index is 456. The summed E-state index contributed by atoms with van der Waals surface area (Å²) in [6.45, 7) is 0.581. The van der Waals surface area contributed by atoms with E-state index in [0.29, 0.717) is 11.9 Å². The Morgan fingerprint density at radius 3 is 2.72 bits per heavy atom. The minimum absolute atomic E-state index is 0.0366. The van der Waals surface area contributed by atoms with Gasteiger partial charge in [-0.2, -0.15) is 0 Å². The third-order valence-corrected chi connectivity index (χ3v) is 3.44. The molecule has 1 aliphatic carbocycles. The molecule has 0 saturated heterocycles. The van der Waals surface area contributed by atoms with Crippen molar-refractivity contribution in [2.45, 2.75) is 25.3 Å². The van der Waals surface area contributed by atoms with Gasteiger partial charge in [0, 0.05) is 17.9 Å². The standard InChI is InChI=1S/C11H13BrN2O4/c12-6-7-13(8-2-1-3-8)11(15)9-4-5-10(18-9)14(16)17/h4-5,8H,1-3,6-7H2. The first-order valence-corrected chi connectivity index (χ1v) is 6.87. The highest BCUT2D eigenvalue weighted by molar-refractivity contribution is 9.09. The molecular formula is C11H13BrN2O4. The molecule has 0 unspecified atom stereocenters. The summed E-state index contributed by atoms with van der Waals surface area (Å²) in [6.07, 6.45) is 3.10. The van der Waals surface area contributed by atoms with Crippen LogP contribution in [0.2, 0.25) is 0 Å². The highest BCUT2D eigenvalue weighted by atomic mass is 79.9. The normalized spacial score (nSPS) is 15.2. The van der Waals surface area contributed by atoms with Gasteiger partial charge in [0.25, 0.3) is 5.91 Å². The molecule has 1 aromatic heterocycles. The van der Waals surface area contributed by atoms with Crippen LogP contribution in [0.15, 0.2) is 16.5 Å². The van der Waals surface area contributed by atoms with Crippen molar-refractivity contribution in [1.82, 2.24) is 4.90 Å². The van der Waals surface area contributed by atoms with Crippen molar-refractivity contribution in [3.8, 4) is 0 Å².